The normalized spacial score (nSPS) is 18.3. The molecule has 7 heteroatoms. The first-order valence-electron chi connectivity index (χ1n) is 9.03. The van der Waals surface area contributed by atoms with Gasteiger partial charge in [0, 0.05) is 23.0 Å². The van der Waals surface area contributed by atoms with Gasteiger partial charge in [-0.2, -0.15) is 0 Å². The van der Waals surface area contributed by atoms with Crippen LogP contribution in [0.25, 0.3) is 6.08 Å². The molecule has 0 radical (unpaired) electrons. The van der Waals surface area contributed by atoms with Crippen LogP contribution in [-0.2, 0) is 14.3 Å². The van der Waals surface area contributed by atoms with Crippen molar-refractivity contribution in [2.24, 2.45) is 0 Å². The van der Waals surface area contributed by atoms with Crippen LogP contribution < -0.4 is 4.90 Å². The van der Waals surface area contributed by atoms with Crippen LogP contribution in [0.5, 0.6) is 0 Å². The van der Waals surface area contributed by atoms with Gasteiger partial charge in [0.05, 0.1) is 23.8 Å². The Morgan fingerprint density at radius 2 is 1.93 bits per heavy atom. The Hall–Kier alpha value is -2.28. The van der Waals surface area contributed by atoms with E-state index >= 15 is 0 Å². The van der Waals surface area contributed by atoms with Crippen molar-refractivity contribution >= 4 is 46.9 Å². The van der Waals surface area contributed by atoms with E-state index in [0.29, 0.717) is 36.2 Å². The van der Waals surface area contributed by atoms with E-state index in [1.54, 1.807) is 15.9 Å². The van der Waals surface area contributed by atoms with Crippen LogP contribution in [0.3, 0.4) is 0 Å². The summed E-state index contributed by atoms with van der Waals surface area (Å²) in [4.78, 5) is 30.8. The number of fused-ring (bicyclic) bond motifs is 1. The molecule has 0 saturated carbocycles. The van der Waals surface area contributed by atoms with Crippen molar-refractivity contribution in [1.29, 1.82) is 0 Å². The number of anilines is 1. The van der Waals surface area contributed by atoms with E-state index in [1.807, 2.05) is 48.5 Å². The van der Waals surface area contributed by atoms with E-state index in [1.165, 1.54) is 11.8 Å². The van der Waals surface area contributed by atoms with Crippen LogP contribution in [0.2, 0.25) is 5.02 Å². The molecule has 0 N–H and O–H groups in total. The molecular weight excluding hydrogens is 396 g/mol. The molecule has 0 aliphatic carbocycles. The highest BCUT2D eigenvalue weighted by Crippen LogP contribution is 2.42. The second-order valence-corrected chi connectivity index (χ2v) is 8.04. The van der Waals surface area contributed by atoms with Crippen LogP contribution >= 0.6 is 23.4 Å². The second kappa shape index (κ2) is 8.39. The minimum absolute atomic E-state index is 0.0172. The van der Waals surface area contributed by atoms with Gasteiger partial charge in [0.25, 0.3) is 5.91 Å². The van der Waals surface area contributed by atoms with Crippen LogP contribution in [0.1, 0.15) is 5.56 Å². The average molecular weight is 415 g/mol. The van der Waals surface area contributed by atoms with Gasteiger partial charge in [0.1, 0.15) is 6.54 Å². The van der Waals surface area contributed by atoms with E-state index in [9.17, 15) is 9.59 Å². The Bertz CT molecular complexity index is 941. The first-order chi connectivity index (χ1) is 13.6. The van der Waals surface area contributed by atoms with E-state index < -0.39 is 0 Å². The number of hydrogen-bond donors (Lipinski definition) is 0. The molecule has 1 saturated heterocycles. The van der Waals surface area contributed by atoms with Gasteiger partial charge in [-0.3, -0.25) is 14.5 Å². The summed E-state index contributed by atoms with van der Waals surface area (Å²) in [6.45, 7) is 2.20. The predicted octanol–water partition coefficient (Wildman–Crippen LogP) is 3.68. The molecule has 0 aromatic heterocycles. The maximum absolute atomic E-state index is 13.2. The van der Waals surface area contributed by atoms with Gasteiger partial charge in [0.15, 0.2) is 0 Å². The summed E-state index contributed by atoms with van der Waals surface area (Å²) in [6.07, 6.45) is 1.82. The van der Waals surface area contributed by atoms with Gasteiger partial charge in [-0.25, -0.2) is 0 Å². The molecular formula is C21H19ClN2O3S. The average Bonchev–Trinajstić information content (AvgIpc) is 2.71. The molecule has 2 aromatic carbocycles. The van der Waals surface area contributed by atoms with E-state index in [-0.39, 0.29) is 18.4 Å². The van der Waals surface area contributed by atoms with Crippen molar-refractivity contribution < 1.29 is 14.3 Å². The number of para-hydroxylation sites is 1. The molecule has 28 heavy (non-hydrogen) atoms. The Labute approximate surface area is 172 Å². The summed E-state index contributed by atoms with van der Waals surface area (Å²) in [7, 11) is 0. The van der Waals surface area contributed by atoms with Gasteiger partial charge in [-0.05, 0) is 35.9 Å². The summed E-state index contributed by atoms with van der Waals surface area (Å²) in [6, 6.07) is 15.0. The number of carbonyl (C=O) groups is 2. The Morgan fingerprint density at radius 3 is 2.71 bits per heavy atom. The molecule has 5 nitrogen and oxygen atoms in total. The minimum Gasteiger partial charge on any atom is -0.378 e. The van der Waals surface area contributed by atoms with Gasteiger partial charge in [-0.15, -0.1) is 0 Å². The zero-order valence-corrected chi connectivity index (χ0v) is 16.7. The molecule has 0 atom stereocenters. The number of ether oxygens (including phenoxy) is 1. The molecule has 144 valence electrons. The van der Waals surface area contributed by atoms with Gasteiger partial charge in [0.2, 0.25) is 5.91 Å². The molecule has 2 aliphatic rings. The zero-order chi connectivity index (χ0) is 19.5. The number of thioether (sulfide) groups is 1. The molecule has 4 rings (SSSR count). The summed E-state index contributed by atoms with van der Waals surface area (Å²) in [5.74, 6) is -0.245. The highest BCUT2D eigenvalue weighted by atomic mass is 35.5. The van der Waals surface area contributed by atoms with E-state index in [4.69, 9.17) is 16.3 Å². The lowest BCUT2D eigenvalue weighted by molar-refractivity contribution is -0.134. The fourth-order valence-electron chi connectivity index (χ4n) is 3.21. The van der Waals surface area contributed by atoms with Crippen molar-refractivity contribution in [2.75, 3.05) is 37.7 Å². The highest BCUT2D eigenvalue weighted by Gasteiger charge is 2.31. The highest BCUT2D eigenvalue weighted by molar-refractivity contribution is 8.04. The number of carbonyl (C=O) groups excluding carboxylic acids is 2. The zero-order valence-electron chi connectivity index (χ0n) is 15.1. The molecule has 1 fully saturated rings. The Kier molecular flexibility index (Phi) is 5.71. The minimum atomic E-state index is -0.176. The summed E-state index contributed by atoms with van der Waals surface area (Å²) < 4.78 is 5.31. The second-order valence-electron chi connectivity index (χ2n) is 6.52. The lowest BCUT2D eigenvalue weighted by Gasteiger charge is -2.33. The van der Waals surface area contributed by atoms with Crippen molar-refractivity contribution in [3.8, 4) is 0 Å². The molecule has 2 heterocycles. The fourth-order valence-corrected chi connectivity index (χ4v) is 4.47. The quantitative estimate of drug-likeness (QED) is 0.719. The first kappa shape index (κ1) is 19.1. The van der Waals surface area contributed by atoms with Gasteiger partial charge >= 0.3 is 0 Å². The molecule has 0 bridgehead atoms. The third-order valence-electron chi connectivity index (χ3n) is 4.64. The largest absolute Gasteiger partial charge is 0.378 e. The van der Waals surface area contributed by atoms with Crippen molar-refractivity contribution in [1.82, 2.24) is 4.90 Å². The summed E-state index contributed by atoms with van der Waals surface area (Å²) in [5, 5.41) is 0.613. The number of benzene rings is 2. The lowest BCUT2D eigenvalue weighted by atomic mass is 10.2. The third kappa shape index (κ3) is 4.09. The number of nitrogens with zero attached hydrogens (tertiary/aromatic N) is 2. The number of hydrogen-bond acceptors (Lipinski definition) is 4. The number of amides is 2. The van der Waals surface area contributed by atoms with Crippen molar-refractivity contribution in [3.05, 3.63) is 64.0 Å². The monoisotopic (exact) mass is 414 g/mol. The Balaban J connectivity index is 1.64. The molecule has 2 amide bonds. The molecule has 0 unspecified atom stereocenters. The standard InChI is InChI=1S/C21H19ClN2O3S/c22-16-5-3-4-15(12-16)13-19-21(26)24(17-6-1-2-7-18(17)28-19)14-20(25)23-8-10-27-11-9-23/h1-7,12-13H,8-11,14H2/b19-13-. The van der Waals surface area contributed by atoms with Crippen LogP contribution in [-0.4, -0.2) is 49.6 Å². The van der Waals surface area contributed by atoms with Crippen molar-refractivity contribution in [2.45, 2.75) is 4.90 Å². The molecule has 2 aliphatic heterocycles. The summed E-state index contributed by atoms with van der Waals surface area (Å²) in [5.41, 5.74) is 1.62. The van der Waals surface area contributed by atoms with Crippen LogP contribution in [0.15, 0.2) is 58.3 Å². The maximum atomic E-state index is 13.2. The molecule has 0 spiro atoms. The first-order valence-corrected chi connectivity index (χ1v) is 10.2. The smallest absolute Gasteiger partial charge is 0.265 e. The number of rotatable bonds is 3. The predicted molar refractivity (Wildman–Crippen MR) is 111 cm³/mol. The Morgan fingerprint density at radius 1 is 1.14 bits per heavy atom. The SMILES string of the molecule is O=C(CN1C(=O)/C(=C/c2cccc(Cl)c2)Sc2ccccc21)N1CCOCC1. The van der Waals surface area contributed by atoms with Gasteiger partial charge in [-0.1, -0.05) is 47.6 Å². The third-order valence-corrected chi connectivity index (χ3v) is 5.95. The van der Waals surface area contributed by atoms with Crippen LogP contribution in [0, 0.1) is 0 Å². The molecule has 2 aromatic rings. The van der Waals surface area contributed by atoms with Gasteiger partial charge < -0.3 is 9.64 Å². The topological polar surface area (TPSA) is 49.9 Å². The van der Waals surface area contributed by atoms with Crippen LogP contribution in [0.4, 0.5) is 5.69 Å². The van der Waals surface area contributed by atoms with Crippen molar-refractivity contribution in [3.63, 3.8) is 0 Å². The fraction of sp³-hybridized carbons (Fsp3) is 0.238. The summed E-state index contributed by atoms with van der Waals surface area (Å²) >= 11 is 7.49. The maximum Gasteiger partial charge on any atom is 0.265 e. The number of morpholine rings is 1. The lowest BCUT2D eigenvalue weighted by Crippen LogP contribution is -2.48. The van der Waals surface area contributed by atoms with E-state index in [0.717, 1.165) is 16.1 Å². The van der Waals surface area contributed by atoms with E-state index in [2.05, 4.69) is 0 Å². The number of halogens is 1.